The molecule has 1 spiro atoms. The minimum Gasteiger partial charge on any atom is -0.384 e. The van der Waals surface area contributed by atoms with Crippen LogP contribution in [0, 0.1) is 18.3 Å². The second-order valence-electron chi connectivity index (χ2n) is 6.22. The van der Waals surface area contributed by atoms with Crippen LogP contribution in [-0.4, -0.2) is 50.8 Å². The summed E-state index contributed by atoms with van der Waals surface area (Å²) in [4.78, 5) is 16.8. The van der Waals surface area contributed by atoms with Gasteiger partial charge in [-0.05, 0) is 37.3 Å². The molecule has 0 N–H and O–H groups in total. The first-order valence-corrected chi connectivity index (χ1v) is 8.39. The van der Waals surface area contributed by atoms with Crippen molar-refractivity contribution < 1.29 is 14.3 Å². The molecule has 3 heterocycles. The van der Waals surface area contributed by atoms with Crippen molar-refractivity contribution in [3.8, 4) is 0 Å². The molecule has 116 valence electrons. The standard InChI is InChI=1S/C16H23NO3S/c1-12-3-4-14(21-12)15(18)17-9-13(10-19-2)16(11-17)5-7-20-8-6-16/h3-4,13H,5-11H2,1-2H3. The number of carbonyl (C=O) groups excluding carboxylic acids is 1. The Labute approximate surface area is 130 Å². The Morgan fingerprint density at radius 2 is 2.24 bits per heavy atom. The van der Waals surface area contributed by atoms with Gasteiger partial charge < -0.3 is 14.4 Å². The molecule has 21 heavy (non-hydrogen) atoms. The minimum absolute atomic E-state index is 0.178. The largest absolute Gasteiger partial charge is 0.384 e. The van der Waals surface area contributed by atoms with E-state index < -0.39 is 0 Å². The highest BCUT2D eigenvalue weighted by Gasteiger charge is 2.48. The summed E-state index contributed by atoms with van der Waals surface area (Å²) in [5, 5.41) is 0. The molecule has 1 atom stereocenters. The average Bonchev–Trinajstić information content (AvgIpc) is 3.05. The predicted molar refractivity (Wildman–Crippen MR) is 82.8 cm³/mol. The SMILES string of the molecule is COCC1CN(C(=O)c2ccc(C)s2)CC12CCOCC2. The molecule has 2 aliphatic rings. The molecule has 1 amide bonds. The van der Waals surface area contributed by atoms with Gasteiger partial charge in [0.15, 0.2) is 0 Å². The molecule has 3 rings (SSSR count). The molecule has 4 nitrogen and oxygen atoms in total. The van der Waals surface area contributed by atoms with E-state index >= 15 is 0 Å². The third-order valence-corrected chi connectivity index (χ3v) is 5.90. The molecule has 0 aliphatic carbocycles. The zero-order valence-electron chi connectivity index (χ0n) is 12.8. The van der Waals surface area contributed by atoms with Crippen molar-refractivity contribution in [3.63, 3.8) is 0 Å². The Balaban J connectivity index is 1.77. The lowest BCUT2D eigenvalue weighted by molar-refractivity contribution is -0.0168. The number of hydrogen-bond acceptors (Lipinski definition) is 4. The molecule has 5 heteroatoms. The number of rotatable bonds is 3. The lowest BCUT2D eigenvalue weighted by atomic mass is 9.72. The van der Waals surface area contributed by atoms with Gasteiger partial charge in [0.05, 0.1) is 11.5 Å². The molecule has 0 aromatic carbocycles. The average molecular weight is 309 g/mol. The molecule has 1 unspecified atom stereocenters. The van der Waals surface area contributed by atoms with Gasteiger partial charge in [0.1, 0.15) is 0 Å². The summed E-state index contributed by atoms with van der Waals surface area (Å²) in [6.45, 7) is 6.04. The van der Waals surface area contributed by atoms with Gasteiger partial charge in [-0.1, -0.05) is 0 Å². The van der Waals surface area contributed by atoms with Crippen LogP contribution >= 0.6 is 11.3 Å². The number of amides is 1. The molecule has 1 aromatic heterocycles. The van der Waals surface area contributed by atoms with Gasteiger partial charge in [-0.2, -0.15) is 0 Å². The smallest absolute Gasteiger partial charge is 0.263 e. The summed E-state index contributed by atoms with van der Waals surface area (Å²) in [6, 6.07) is 3.97. The quantitative estimate of drug-likeness (QED) is 0.861. The first-order chi connectivity index (χ1) is 10.1. The highest BCUT2D eigenvalue weighted by atomic mass is 32.1. The van der Waals surface area contributed by atoms with Crippen LogP contribution in [0.1, 0.15) is 27.4 Å². The maximum Gasteiger partial charge on any atom is 0.263 e. The Morgan fingerprint density at radius 3 is 2.86 bits per heavy atom. The fourth-order valence-electron chi connectivity index (χ4n) is 3.67. The first kappa shape index (κ1) is 15.0. The Bertz CT molecular complexity index is 507. The van der Waals surface area contributed by atoms with Crippen molar-refractivity contribution in [2.45, 2.75) is 19.8 Å². The molecule has 0 bridgehead atoms. The Hall–Kier alpha value is -0.910. The van der Waals surface area contributed by atoms with Crippen LogP contribution in [0.4, 0.5) is 0 Å². The van der Waals surface area contributed by atoms with Crippen molar-refractivity contribution in [2.75, 3.05) is 40.0 Å². The van der Waals surface area contributed by atoms with Gasteiger partial charge in [0.25, 0.3) is 5.91 Å². The maximum atomic E-state index is 12.7. The fourth-order valence-corrected chi connectivity index (χ4v) is 4.50. The lowest BCUT2D eigenvalue weighted by Crippen LogP contribution is -2.39. The number of ether oxygens (including phenoxy) is 2. The van der Waals surface area contributed by atoms with Crippen molar-refractivity contribution in [1.29, 1.82) is 0 Å². The highest BCUT2D eigenvalue weighted by molar-refractivity contribution is 7.13. The minimum atomic E-state index is 0.178. The Kier molecular flexibility index (Phi) is 4.33. The summed E-state index contributed by atoms with van der Waals surface area (Å²) < 4.78 is 10.9. The second-order valence-corrected chi connectivity index (χ2v) is 7.51. The third kappa shape index (κ3) is 2.87. The summed E-state index contributed by atoms with van der Waals surface area (Å²) in [5.74, 6) is 0.606. The van der Waals surface area contributed by atoms with E-state index in [9.17, 15) is 4.79 Å². The van der Waals surface area contributed by atoms with Crippen LogP contribution in [0.15, 0.2) is 12.1 Å². The predicted octanol–water partition coefficient (Wildman–Crippen LogP) is 2.57. The molecule has 1 aromatic rings. The van der Waals surface area contributed by atoms with Crippen LogP contribution < -0.4 is 0 Å². The third-order valence-electron chi connectivity index (χ3n) is 4.91. The fraction of sp³-hybridized carbons (Fsp3) is 0.688. The van der Waals surface area contributed by atoms with Crippen LogP contribution in [-0.2, 0) is 9.47 Å². The molecule has 2 saturated heterocycles. The van der Waals surface area contributed by atoms with Crippen LogP contribution in [0.2, 0.25) is 0 Å². The summed E-state index contributed by atoms with van der Waals surface area (Å²) in [5.41, 5.74) is 0.191. The number of aryl methyl sites for hydroxylation is 1. The number of carbonyl (C=O) groups is 1. The lowest BCUT2D eigenvalue weighted by Gasteiger charge is -2.37. The molecule has 2 aliphatic heterocycles. The normalized spacial score (nSPS) is 24.7. The molecule has 0 radical (unpaired) electrons. The van der Waals surface area contributed by atoms with E-state index in [1.54, 1.807) is 18.4 Å². The molecule has 2 fully saturated rings. The van der Waals surface area contributed by atoms with Crippen LogP contribution in [0.3, 0.4) is 0 Å². The van der Waals surface area contributed by atoms with Crippen molar-refractivity contribution in [2.24, 2.45) is 11.3 Å². The van der Waals surface area contributed by atoms with Gasteiger partial charge in [-0.15, -0.1) is 11.3 Å². The van der Waals surface area contributed by atoms with Gasteiger partial charge in [-0.3, -0.25) is 4.79 Å². The molecular formula is C16H23NO3S. The van der Waals surface area contributed by atoms with E-state index in [-0.39, 0.29) is 11.3 Å². The van der Waals surface area contributed by atoms with Gasteiger partial charge in [0, 0.05) is 44.2 Å². The molecule has 0 saturated carbocycles. The van der Waals surface area contributed by atoms with Crippen molar-refractivity contribution in [3.05, 3.63) is 21.9 Å². The van der Waals surface area contributed by atoms with Crippen molar-refractivity contribution in [1.82, 2.24) is 4.90 Å². The number of thiophene rings is 1. The summed E-state index contributed by atoms with van der Waals surface area (Å²) in [7, 11) is 1.75. The van der Waals surface area contributed by atoms with Crippen molar-refractivity contribution >= 4 is 17.2 Å². The number of nitrogens with zero attached hydrogens (tertiary/aromatic N) is 1. The topological polar surface area (TPSA) is 38.8 Å². The zero-order valence-corrected chi connectivity index (χ0v) is 13.6. The maximum absolute atomic E-state index is 12.7. The van der Waals surface area contributed by atoms with Crippen LogP contribution in [0.25, 0.3) is 0 Å². The van der Waals surface area contributed by atoms with Gasteiger partial charge >= 0.3 is 0 Å². The highest BCUT2D eigenvalue weighted by Crippen LogP contribution is 2.44. The summed E-state index contributed by atoms with van der Waals surface area (Å²) >= 11 is 1.59. The molecular weight excluding hydrogens is 286 g/mol. The van der Waals surface area contributed by atoms with E-state index in [0.29, 0.717) is 5.92 Å². The number of likely N-dealkylation sites (tertiary alicyclic amines) is 1. The van der Waals surface area contributed by atoms with E-state index in [1.165, 1.54) is 4.88 Å². The Morgan fingerprint density at radius 1 is 1.48 bits per heavy atom. The van der Waals surface area contributed by atoms with Crippen LogP contribution in [0.5, 0.6) is 0 Å². The van der Waals surface area contributed by atoms with Gasteiger partial charge in [-0.25, -0.2) is 0 Å². The summed E-state index contributed by atoms with van der Waals surface area (Å²) in [6.07, 6.45) is 2.07. The zero-order chi connectivity index (χ0) is 14.9. The number of methoxy groups -OCH3 is 1. The van der Waals surface area contributed by atoms with Gasteiger partial charge in [0.2, 0.25) is 0 Å². The monoisotopic (exact) mass is 309 g/mol. The van der Waals surface area contributed by atoms with E-state index in [0.717, 1.165) is 50.6 Å². The first-order valence-electron chi connectivity index (χ1n) is 7.57. The van der Waals surface area contributed by atoms with E-state index in [4.69, 9.17) is 9.47 Å². The van der Waals surface area contributed by atoms with E-state index in [2.05, 4.69) is 0 Å². The number of hydrogen-bond donors (Lipinski definition) is 0. The second kappa shape index (κ2) is 6.07. The van der Waals surface area contributed by atoms with E-state index in [1.807, 2.05) is 24.0 Å².